The van der Waals surface area contributed by atoms with Gasteiger partial charge in [0, 0.05) is 17.6 Å². The molecule has 208 valence electrons. The summed E-state index contributed by atoms with van der Waals surface area (Å²) in [6.45, 7) is 15.6. The zero-order valence-corrected chi connectivity index (χ0v) is 25.4. The Morgan fingerprint density at radius 2 is 0.944 bits per heavy atom. The molecule has 0 N–H and O–H groups in total. The van der Waals surface area contributed by atoms with Gasteiger partial charge in [-0.3, -0.25) is 4.90 Å². The summed E-state index contributed by atoms with van der Waals surface area (Å²) < 4.78 is 0. The molecule has 0 aliphatic rings. The monoisotopic (exact) mass is 497 g/mol. The van der Waals surface area contributed by atoms with Crippen LogP contribution in [-0.4, -0.2) is 22.5 Å². The van der Waals surface area contributed by atoms with Gasteiger partial charge in [-0.1, -0.05) is 159 Å². The average Bonchev–Trinajstić information content (AvgIpc) is 2.85. The van der Waals surface area contributed by atoms with Crippen molar-refractivity contribution in [3.63, 3.8) is 0 Å². The molecular weight excluding hydrogens is 434 g/mol. The predicted octanol–water partition coefficient (Wildman–Crippen LogP) is 11.6. The molecule has 0 unspecified atom stereocenters. The van der Waals surface area contributed by atoms with Crippen LogP contribution in [0.25, 0.3) is 6.08 Å². The Kier molecular flexibility index (Phi) is 18.3. The number of nitrogens with zero attached hydrogens (tertiary/aromatic N) is 1. The molecule has 0 atom stereocenters. The van der Waals surface area contributed by atoms with Crippen molar-refractivity contribution >= 4 is 6.08 Å². The summed E-state index contributed by atoms with van der Waals surface area (Å²) >= 11 is 0. The van der Waals surface area contributed by atoms with E-state index in [2.05, 4.69) is 88.9 Å². The maximum atomic E-state index is 2.82. The SMILES string of the molecule is CCCCCCCCCCC(C)(C)N(C/C=C/c1ccccc1)C(C)(C)CCCCCCCCCC. The molecule has 0 fully saturated rings. The fourth-order valence-electron chi connectivity index (χ4n) is 5.82. The first kappa shape index (κ1) is 32.9. The molecule has 0 aliphatic carbocycles. The highest BCUT2D eigenvalue weighted by Crippen LogP contribution is 2.33. The largest absolute Gasteiger partial charge is 0.289 e. The molecule has 0 amide bonds. The van der Waals surface area contributed by atoms with Crippen molar-refractivity contribution < 1.29 is 0 Å². The van der Waals surface area contributed by atoms with Gasteiger partial charge in [0.25, 0.3) is 0 Å². The van der Waals surface area contributed by atoms with Gasteiger partial charge >= 0.3 is 0 Å². The van der Waals surface area contributed by atoms with Gasteiger partial charge in [0.05, 0.1) is 0 Å². The van der Waals surface area contributed by atoms with E-state index in [1.807, 2.05) is 0 Å². The Hall–Kier alpha value is -1.08. The summed E-state index contributed by atoms with van der Waals surface area (Å²) in [5, 5.41) is 0. The number of unbranched alkanes of at least 4 members (excludes halogenated alkanes) is 14. The van der Waals surface area contributed by atoms with E-state index in [-0.39, 0.29) is 11.1 Å². The lowest BCUT2D eigenvalue weighted by molar-refractivity contribution is 0.0145. The third-order valence-corrected chi connectivity index (χ3v) is 8.14. The van der Waals surface area contributed by atoms with Gasteiger partial charge in [0.2, 0.25) is 0 Å². The first-order valence-corrected chi connectivity index (χ1v) is 15.8. The van der Waals surface area contributed by atoms with Gasteiger partial charge < -0.3 is 0 Å². The fourth-order valence-corrected chi connectivity index (χ4v) is 5.82. The quantitative estimate of drug-likeness (QED) is 0.136. The summed E-state index contributed by atoms with van der Waals surface area (Å²) in [4.78, 5) is 2.82. The summed E-state index contributed by atoms with van der Waals surface area (Å²) in [6, 6.07) is 10.8. The smallest absolute Gasteiger partial charge is 0.0177 e. The van der Waals surface area contributed by atoms with Crippen LogP contribution < -0.4 is 0 Å². The van der Waals surface area contributed by atoms with Crippen LogP contribution in [0.1, 0.15) is 163 Å². The second-order valence-electron chi connectivity index (χ2n) is 12.5. The molecule has 1 heteroatoms. The number of hydrogen-bond donors (Lipinski definition) is 0. The summed E-state index contributed by atoms with van der Waals surface area (Å²) in [7, 11) is 0. The van der Waals surface area contributed by atoms with E-state index in [0.29, 0.717) is 0 Å². The van der Waals surface area contributed by atoms with E-state index in [1.54, 1.807) is 0 Å². The van der Waals surface area contributed by atoms with Crippen molar-refractivity contribution in [2.24, 2.45) is 0 Å². The summed E-state index contributed by atoms with van der Waals surface area (Å²) in [6.07, 6.45) is 29.7. The first-order valence-electron chi connectivity index (χ1n) is 15.8. The highest BCUT2D eigenvalue weighted by Gasteiger charge is 2.36. The molecule has 1 nitrogen and oxygen atoms in total. The van der Waals surface area contributed by atoms with Gasteiger partial charge in [-0.05, 0) is 46.1 Å². The maximum Gasteiger partial charge on any atom is 0.0177 e. The fraction of sp³-hybridized carbons (Fsp3) is 0.771. The van der Waals surface area contributed by atoms with Gasteiger partial charge in [-0.2, -0.15) is 0 Å². The second kappa shape index (κ2) is 20.0. The van der Waals surface area contributed by atoms with E-state index < -0.39 is 0 Å². The standard InChI is InChI=1S/C35H63N/c1-7-9-11-13-15-17-19-24-30-34(3,4)36(32-26-29-33-27-22-21-23-28-33)35(5,6)31-25-20-18-16-14-12-10-8-2/h21-23,26-29H,7-20,24-25,30-32H2,1-6H3/b29-26+. The van der Waals surface area contributed by atoms with Gasteiger partial charge in [0.1, 0.15) is 0 Å². The zero-order chi connectivity index (χ0) is 26.5. The van der Waals surface area contributed by atoms with Crippen LogP contribution in [0.3, 0.4) is 0 Å². The molecule has 1 aromatic rings. The zero-order valence-electron chi connectivity index (χ0n) is 25.4. The van der Waals surface area contributed by atoms with Crippen molar-refractivity contribution in [2.45, 2.75) is 168 Å². The Morgan fingerprint density at radius 3 is 1.36 bits per heavy atom. The minimum Gasteiger partial charge on any atom is -0.289 e. The number of rotatable bonds is 23. The van der Waals surface area contributed by atoms with Crippen molar-refractivity contribution in [1.29, 1.82) is 0 Å². The normalized spacial score (nSPS) is 12.8. The lowest BCUT2D eigenvalue weighted by atomic mass is 9.85. The van der Waals surface area contributed by atoms with Crippen molar-refractivity contribution in [1.82, 2.24) is 4.90 Å². The van der Waals surface area contributed by atoms with Crippen LogP contribution in [-0.2, 0) is 0 Å². The molecule has 0 spiro atoms. The lowest BCUT2D eigenvalue weighted by Crippen LogP contribution is -2.55. The van der Waals surface area contributed by atoms with Crippen LogP contribution in [0.5, 0.6) is 0 Å². The van der Waals surface area contributed by atoms with E-state index in [1.165, 1.54) is 121 Å². The highest BCUT2D eigenvalue weighted by atomic mass is 15.2. The van der Waals surface area contributed by atoms with Crippen molar-refractivity contribution in [3.05, 3.63) is 42.0 Å². The van der Waals surface area contributed by atoms with Gasteiger partial charge in [0.15, 0.2) is 0 Å². The Morgan fingerprint density at radius 1 is 0.556 bits per heavy atom. The molecule has 0 heterocycles. The maximum absolute atomic E-state index is 2.82. The topological polar surface area (TPSA) is 3.24 Å². The van der Waals surface area contributed by atoms with E-state index >= 15 is 0 Å². The second-order valence-corrected chi connectivity index (χ2v) is 12.5. The van der Waals surface area contributed by atoms with Crippen molar-refractivity contribution in [2.75, 3.05) is 6.54 Å². The van der Waals surface area contributed by atoms with Crippen LogP contribution in [0.15, 0.2) is 36.4 Å². The number of benzene rings is 1. The molecule has 0 aliphatic heterocycles. The molecule has 1 aromatic carbocycles. The number of hydrogen-bond acceptors (Lipinski definition) is 1. The summed E-state index contributed by atoms with van der Waals surface area (Å²) in [5.41, 5.74) is 1.74. The van der Waals surface area contributed by atoms with Gasteiger partial charge in [-0.25, -0.2) is 0 Å². The Balaban J connectivity index is 2.63. The first-order chi connectivity index (χ1) is 17.3. The molecule has 0 aromatic heterocycles. The molecule has 1 rings (SSSR count). The Bertz CT molecular complexity index is 610. The van der Waals surface area contributed by atoms with Crippen LogP contribution in [0, 0.1) is 0 Å². The van der Waals surface area contributed by atoms with Crippen LogP contribution in [0.2, 0.25) is 0 Å². The van der Waals surface area contributed by atoms with E-state index in [9.17, 15) is 0 Å². The van der Waals surface area contributed by atoms with Crippen LogP contribution in [0.4, 0.5) is 0 Å². The lowest BCUT2D eigenvalue weighted by Gasteiger charge is -2.49. The van der Waals surface area contributed by atoms with Crippen molar-refractivity contribution in [3.8, 4) is 0 Å². The Labute approximate surface area is 227 Å². The molecule has 0 radical (unpaired) electrons. The predicted molar refractivity (Wildman–Crippen MR) is 165 cm³/mol. The third kappa shape index (κ3) is 15.2. The molecule has 36 heavy (non-hydrogen) atoms. The minimum atomic E-state index is 0.215. The summed E-state index contributed by atoms with van der Waals surface area (Å²) in [5.74, 6) is 0. The average molecular weight is 498 g/mol. The minimum absolute atomic E-state index is 0.215. The van der Waals surface area contributed by atoms with Crippen LogP contribution >= 0.6 is 0 Å². The van der Waals surface area contributed by atoms with E-state index in [0.717, 1.165) is 6.54 Å². The molecule has 0 saturated carbocycles. The third-order valence-electron chi connectivity index (χ3n) is 8.14. The molecule has 0 saturated heterocycles. The molecule has 0 bridgehead atoms. The molecular formula is C35H63N. The highest BCUT2D eigenvalue weighted by molar-refractivity contribution is 5.48. The van der Waals surface area contributed by atoms with Gasteiger partial charge in [-0.15, -0.1) is 0 Å². The van der Waals surface area contributed by atoms with E-state index in [4.69, 9.17) is 0 Å².